The molecule has 1 aromatic rings. The average Bonchev–Trinajstić information content (AvgIpc) is 2.42. The van der Waals surface area contributed by atoms with Crippen LogP contribution in [0.4, 0.5) is 0 Å². The smallest absolute Gasteiger partial charge is 0.227 e. The normalized spacial score (nSPS) is 18.9. The molecule has 3 nitrogen and oxygen atoms in total. The van der Waals surface area contributed by atoms with Crippen LogP contribution in [0.1, 0.15) is 36.0 Å². The number of benzene rings is 1. The SMILES string of the molecule is Cc1ccc(C)c(CC(=O)N2CCCCC2C(N)=S)c1. The van der Waals surface area contributed by atoms with Crippen molar-refractivity contribution in [2.75, 3.05) is 6.54 Å². The maximum absolute atomic E-state index is 12.6. The topological polar surface area (TPSA) is 46.3 Å². The van der Waals surface area contributed by atoms with Crippen LogP contribution in [0.5, 0.6) is 0 Å². The lowest BCUT2D eigenvalue weighted by Gasteiger charge is -2.35. The number of nitrogens with two attached hydrogens (primary N) is 1. The van der Waals surface area contributed by atoms with E-state index >= 15 is 0 Å². The molecule has 0 radical (unpaired) electrons. The summed E-state index contributed by atoms with van der Waals surface area (Å²) in [6, 6.07) is 6.17. The van der Waals surface area contributed by atoms with Crippen LogP contribution in [0.3, 0.4) is 0 Å². The van der Waals surface area contributed by atoms with Crippen molar-refractivity contribution in [3.8, 4) is 0 Å². The van der Waals surface area contributed by atoms with Gasteiger partial charge >= 0.3 is 0 Å². The quantitative estimate of drug-likeness (QED) is 0.870. The van der Waals surface area contributed by atoms with Crippen LogP contribution in [0.2, 0.25) is 0 Å². The Morgan fingerprint density at radius 2 is 2.15 bits per heavy atom. The first-order valence-corrected chi connectivity index (χ1v) is 7.55. The predicted octanol–water partition coefficient (Wildman–Crippen LogP) is 2.51. The Balaban J connectivity index is 2.14. The van der Waals surface area contributed by atoms with E-state index in [1.54, 1.807) is 0 Å². The van der Waals surface area contributed by atoms with Crippen molar-refractivity contribution in [2.24, 2.45) is 5.73 Å². The van der Waals surface area contributed by atoms with Crippen LogP contribution in [0, 0.1) is 13.8 Å². The summed E-state index contributed by atoms with van der Waals surface area (Å²) in [6.45, 7) is 4.86. The minimum Gasteiger partial charge on any atom is -0.392 e. The Morgan fingerprint density at radius 3 is 2.85 bits per heavy atom. The number of rotatable bonds is 3. The van der Waals surface area contributed by atoms with E-state index in [0.717, 1.165) is 36.9 Å². The predicted molar refractivity (Wildman–Crippen MR) is 85.8 cm³/mol. The zero-order valence-electron chi connectivity index (χ0n) is 12.2. The maximum Gasteiger partial charge on any atom is 0.227 e. The highest BCUT2D eigenvalue weighted by atomic mass is 32.1. The molecular formula is C16H22N2OS. The molecule has 1 amide bonds. The molecular weight excluding hydrogens is 268 g/mol. The minimum absolute atomic E-state index is 0.0589. The molecule has 20 heavy (non-hydrogen) atoms. The van der Waals surface area contributed by atoms with Crippen molar-refractivity contribution in [1.29, 1.82) is 0 Å². The van der Waals surface area contributed by atoms with Crippen molar-refractivity contribution in [3.05, 3.63) is 34.9 Å². The van der Waals surface area contributed by atoms with E-state index in [4.69, 9.17) is 18.0 Å². The summed E-state index contributed by atoms with van der Waals surface area (Å²) < 4.78 is 0. The van der Waals surface area contributed by atoms with E-state index in [1.807, 2.05) is 18.7 Å². The van der Waals surface area contributed by atoms with Crippen molar-refractivity contribution in [1.82, 2.24) is 4.90 Å². The molecule has 1 aliphatic rings. The molecule has 1 unspecified atom stereocenters. The second-order valence-electron chi connectivity index (χ2n) is 5.61. The van der Waals surface area contributed by atoms with Crippen molar-refractivity contribution in [3.63, 3.8) is 0 Å². The van der Waals surface area contributed by atoms with Gasteiger partial charge in [-0.1, -0.05) is 36.0 Å². The molecule has 0 aromatic heterocycles. The molecule has 4 heteroatoms. The summed E-state index contributed by atoms with van der Waals surface area (Å²) in [4.78, 5) is 14.9. The Kier molecular flexibility index (Phi) is 4.76. The summed E-state index contributed by atoms with van der Waals surface area (Å²) in [6.07, 6.45) is 3.47. The highest BCUT2D eigenvalue weighted by Gasteiger charge is 2.28. The monoisotopic (exact) mass is 290 g/mol. The highest BCUT2D eigenvalue weighted by molar-refractivity contribution is 7.80. The lowest BCUT2D eigenvalue weighted by molar-refractivity contribution is -0.132. The second kappa shape index (κ2) is 6.35. The van der Waals surface area contributed by atoms with Gasteiger partial charge in [0.25, 0.3) is 0 Å². The van der Waals surface area contributed by atoms with E-state index in [-0.39, 0.29) is 11.9 Å². The van der Waals surface area contributed by atoms with E-state index in [2.05, 4.69) is 18.2 Å². The van der Waals surface area contributed by atoms with E-state index in [1.165, 1.54) is 5.56 Å². The van der Waals surface area contributed by atoms with Gasteiger partial charge in [0.2, 0.25) is 5.91 Å². The van der Waals surface area contributed by atoms with Crippen LogP contribution >= 0.6 is 12.2 Å². The first kappa shape index (κ1) is 15.0. The minimum atomic E-state index is -0.0589. The van der Waals surface area contributed by atoms with Gasteiger partial charge in [0.15, 0.2) is 0 Å². The number of nitrogens with zero attached hydrogens (tertiary/aromatic N) is 1. The van der Waals surface area contributed by atoms with Gasteiger partial charge in [0, 0.05) is 6.54 Å². The number of aryl methyl sites for hydroxylation is 2. The molecule has 0 spiro atoms. The number of thiocarbonyl (C=S) groups is 1. The molecule has 1 fully saturated rings. The van der Waals surface area contributed by atoms with Crippen LogP contribution in [-0.4, -0.2) is 28.4 Å². The zero-order valence-corrected chi connectivity index (χ0v) is 13.0. The fraction of sp³-hybridized carbons (Fsp3) is 0.500. The lowest BCUT2D eigenvalue weighted by Crippen LogP contribution is -2.50. The van der Waals surface area contributed by atoms with Gasteiger partial charge in [-0.3, -0.25) is 4.79 Å². The molecule has 2 N–H and O–H groups in total. The van der Waals surface area contributed by atoms with Crippen LogP contribution in [0.15, 0.2) is 18.2 Å². The molecule has 108 valence electrons. The van der Waals surface area contributed by atoms with Crippen molar-refractivity contribution < 1.29 is 4.79 Å². The fourth-order valence-electron chi connectivity index (χ4n) is 2.78. The van der Waals surface area contributed by atoms with Crippen molar-refractivity contribution in [2.45, 2.75) is 45.6 Å². The summed E-state index contributed by atoms with van der Waals surface area (Å²) >= 11 is 5.11. The molecule has 1 atom stereocenters. The molecule has 0 aliphatic carbocycles. The number of hydrogen-bond acceptors (Lipinski definition) is 2. The Morgan fingerprint density at radius 1 is 1.40 bits per heavy atom. The van der Waals surface area contributed by atoms with Gasteiger partial charge in [-0.05, 0) is 44.2 Å². The second-order valence-corrected chi connectivity index (χ2v) is 6.08. The molecule has 2 rings (SSSR count). The number of likely N-dealkylation sites (tertiary alicyclic amines) is 1. The van der Waals surface area contributed by atoms with Gasteiger partial charge < -0.3 is 10.6 Å². The summed E-state index contributed by atoms with van der Waals surface area (Å²) in [5.41, 5.74) is 9.22. The molecule has 1 saturated heterocycles. The van der Waals surface area contributed by atoms with Crippen LogP contribution in [-0.2, 0) is 11.2 Å². The standard InChI is InChI=1S/C16H22N2OS/c1-11-6-7-12(2)13(9-11)10-15(19)18-8-4-3-5-14(18)16(17)20/h6-7,9,14H,3-5,8,10H2,1-2H3,(H2,17,20). The third kappa shape index (κ3) is 3.37. The van der Waals surface area contributed by atoms with E-state index in [0.29, 0.717) is 11.4 Å². The third-order valence-corrected chi connectivity index (χ3v) is 4.27. The summed E-state index contributed by atoms with van der Waals surface area (Å²) in [5, 5.41) is 0. The number of hydrogen-bond donors (Lipinski definition) is 1. The van der Waals surface area contributed by atoms with Crippen LogP contribution < -0.4 is 5.73 Å². The molecule has 1 aromatic carbocycles. The highest BCUT2D eigenvalue weighted by Crippen LogP contribution is 2.20. The number of carbonyl (C=O) groups is 1. The average molecular weight is 290 g/mol. The molecule has 1 heterocycles. The van der Waals surface area contributed by atoms with Crippen molar-refractivity contribution >= 4 is 23.1 Å². The Labute approximate surface area is 126 Å². The van der Waals surface area contributed by atoms with Gasteiger partial charge in [0.05, 0.1) is 17.5 Å². The largest absolute Gasteiger partial charge is 0.392 e. The number of piperidine rings is 1. The first-order valence-electron chi connectivity index (χ1n) is 7.14. The van der Waals surface area contributed by atoms with Gasteiger partial charge in [-0.25, -0.2) is 0 Å². The zero-order chi connectivity index (χ0) is 14.7. The molecule has 1 aliphatic heterocycles. The van der Waals surface area contributed by atoms with Crippen LogP contribution in [0.25, 0.3) is 0 Å². The maximum atomic E-state index is 12.6. The van der Waals surface area contributed by atoms with E-state index in [9.17, 15) is 4.79 Å². The Hall–Kier alpha value is -1.42. The first-order chi connectivity index (χ1) is 9.49. The summed E-state index contributed by atoms with van der Waals surface area (Å²) in [5.74, 6) is 0.135. The fourth-order valence-corrected chi connectivity index (χ4v) is 3.03. The lowest BCUT2D eigenvalue weighted by atomic mass is 9.98. The number of amides is 1. The number of carbonyl (C=O) groups excluding carboxylic acids is 1. The van der Waals surface area contributed by atoms with Gasteiger partial charge in [0.1, 0.15) is 0 Å². The van der Waals surface area contributed by atoms with Gasteiger partial charge in [-0.15, -0.1) is 0 Å². The third-order valence-electron chi connectivity index (χ3n) is 4.00. The molecule has 0 bridgehead atoms. The van der Waals surface area contributed by atoms with E-state index < -0.39 is 0 Å². The van der Waals surface area contributed by atoms with Gasteiger partial charge in [-0.2, -0.15) is 0 Å². The summed E-state index contributed by atoms with van der Waals surface area (Å²) in [7, 11) is 0. The Bertz CT molecular complexity index is 527. The molecule has 0 saturated carbocycles.